The largest absolute Gasteiger partial charge is 0 e. The third-order valence-corrected chi connectivity index (χ3v) is 0. The number of rotatable bonds is 0. The third-order valence-electron chi connectivity index (χ3n) is 0. The van der Waals surface area contributed by atoms with Gasteiger partial charge in [0.1, 0.15) is 0 Å². The first-order valence-electron chi connectivity index (χ1n) is 0. The molecule has 0 aliphatic carbocycles. The van der Waals surface area contributed by atoms with E-state index in [0.717, 1.165) is 0 Å². The van der Waals surface area contributed by atoms with Gasteiger partial charge >= 0.3 is 23.9 Å². The molecule has 0 aliphatic heterocycles. The second-order valence-corrected chi connectivity index (χ2v) is 0. The monoisotopic (exact) mass is 322 g/mol. The summed E-state index contributed by atoms with van der Waals surface area (Å²) in [7, 11) is 0. The summed E-state index contributed by atoms with van der Waals surface area (Å²) in [5, 5.41) is 0. The van der Waals surface area contributed by atoms with Gasteiger partial charge in [-0.3, -0.25) is 0 Å². The van der Waals surface area contributed by atoms with E-state index in [0.29, 0.717) is 0 Å². The van der Waals surface area contributed by atoms with Crippen LogP contribution in [0.1, 0.15) is 0 Å². The Kier molecular flexibility index (Phi) is 249. The minimum atomic E-state index is 0. The van der Waals surface area contributed by atoms with Crippen LogP contribution in [-0.2, 0) is 52.7 Å². The van der Waals surface area contributed by atoms with E-state index in [9.17, 15) is 0 Å². The molecule has 0 rings (SSSR count). The first-order valence-corrected chi connectivity index (χ1v) is 0. The van der Waals surface area contributed by atoms with Gasteiger partial charge in [0.15, 0.2) is 17.4 Å². The molecule has 0 aromatic carbocycles. The van der Waals surface area contributed by atoms with E-state index in [2.05, 4.69) is 0 Å². The van der Waals surface area contributed by atoms with Crippen molar-refractivity contribution < 1.29 is 52.7 Å². The molecule has 0 nitrogen and oxygen atoms in total. The first-order chi connectivity index (χ1) is 0. The molecule has 0 fully saturated rings. The SMILES string of the molecule is [AlH3].[Cu].[Fe].[SnH2].[V]. The molecule has 0 saturated carbocycles. The predicted molar refractivity (Wildman–Crippen MR) is 18.5 cm³/mol. The third kappa shape index (κ3) is 19.6. The van der Waals surface area contributed by atoms with Crippen LogP contribution in [-0.4, -0.2) is 41.3 Å². The van der Waals surface area contributed by atoms with Gasteiger partial charge in [-0.05, 0) is 0 Å². The van der Waals surface area contributed by atoms with Crippen LogP contribution < -0.4 is 0 Å². The zero-order valence-electron chi connectivity index (χ0n) is 1.81. The predicted octanol–water partition coefficient (Wildman–Crippen LogP) is -2.11. The Labute approximate surface area is 92.5 Å². The summed E-state index contributed by atoms with van der Waals surface area (Å²) in [6.07, 6.45) is 0. The molecular weight excluding hydrogens is 316 g/mol. The Morgan fingerprint density at radius 2 is 1.00 bits per heavy atom. The standard InChI is InChI=1S/Al.Cu.Fe.Sn.V.5H. The van der Waals surface area contributed by atoms with Crippen molar-refractivity contribution in [2.45, 2.75) is 0 Å². The fourth-order valence-electron chi connectivity index (χ4n) is 0. The minimum absolute atomic E-state index is 0. The van der Waals surface area contributed by atoms with Crippen molar-refractivity contribution in [2.75, 3.05) is 0 Å². The fourth-order valence-corrected chi connectivity index (χ4v) is 0. The van der Waals surface area contributed by atoms with Gasteiger partial charge in [0.25, 0.3) is 0 Å². The molecule has 0 bridgehead atoms. The van der Waals surface area contributed by atoms with Crippen LogP contribution >= 0.6 is 0 Å². The molecule has 0 aromatic heterocycles. The summed E-state index contributed by atoms with van der Waals surface area (Å²) in [6, 6.07) is 0. The van der Waals surface area contributed by atoms with Gasteiger partial charge in [-0.2, -0.15) is 0 Å². The maximum Gasteiger partial charge on any atom is 0 e. The van der Waals surface area contributed by atoms with E-state index in [-0.39, 0.29) is 94.0 Å². The summed E-state index contributed by atoms with van der Waals surface area (Å²) in [5.41, 5.74) is 0. The average Bonchev–Trinajstić information content (AvgIpc) is 0. The molecule has 0 amide bonds. The summed E-state index contributed by atoms with van der Waals surface area (Å²) in [5.74, 6) is 0. The molecule has 0 heterocycles. The molecule has 0 aliphatic rings. The summed E-state index contributed by atoms with van der Waals surface area (Å²) < 4.78 is 0. The Hall–Kier alpha value is 2.95. The second kappa shape index (κ2) is 28.2. The van der Waals surface area contributed by atoms with E-state index in [4.69, 9.17) is 0 Å². The van der Waals surface area contributed by atoms with Crippen molar-refractivity contribution in [3.05, 3.63) is 0 Å². The van der Waals surface area contributed by atoms with Crippen molar-refractivity contribution in [3.8, 4) is 0 Å². The quantitative estimate of drug-likeness (QED) is 0.448. The number of hydrogen-bond acceptors (Lipinski definition) is 0. The van der Waals surface area contributed by atoms with Gasteiger partial charge in [0.05, 0.1) is 0 Å². The van der Waals surface area contributed by atoms with Crippen molar-refractivity contribution in [1.29, 1.82) is 0 Å². The van der Waals surface area contributed by atoms with Gasteiger partial charge in [-0.1, -0.05) is 0 Å². The van der Waals surface area contributed by atoms with Crippen molar-refractivity contribution >= 4 is 41.3 Å². The van der Waals surface area contributed by atoms with Crippen molar-refractivity contribution in [3.63, 3.8) is 0 Å². The molecule has 0 unspecified atom stereocenters. The molecular formula is H5AlCuFeSnV. The smallest absolute Gasteiger partial charge is 0 e. The van der Waals surface area contributed by atoms with Gasteiger partial charge in [0, 0.05) is 52.7 Å². The molecule has 5 heteroatoms. The van der Waals surface area contributed by atoms with Gasteiger partial charge in [-0.15, -0.1) is 0 Å². The summed E-state index contributed by atoms with van der Waals surface area (Å²) in [6.45, 7) is 0. The van der Waals surface area contributed by atoms with E-state index in [1.807, 2.05) is 0 Å². The Morgan fingerprint density at radius 3 is 1.00 bits per heavy atom. The van der Waals surface area contributed by atoms with Gasteiger partial charge in [-0.25, -0.2) is 0 Å². The Morgan fingerprint density at radius 1 is 1.00 bits per heavy atom. The van der Waals surface area contributed by atoms with E-state index in [1.165, 1.54) is 0 Å². The molecule has 0 aromatic rings. The van der Waals surface area contributed by atoms with Gasteiger partial charge in [0.2, 0.25) is 0 Å². The molecule has 0 atom stereocenters. The Bertz CT molecular complexity index is 11.6. The average molecular weight is 321 g/mol. The van der Waals surface area contributed by atoms with E-state index < -0.39 is 0 Å². The molecule has 4 radical (unpaired) electrons. The van der Waals surface area contributed by atoms with Gasteiger partial charge < -0.3 is 0 Å². The normalized spacial score (nSPS) is 0. The zero-order chi connectivity index (χ0) is 0. The summed E-state index contributed by atoms with van der Waals surface area (Å²) >= 11 is 0. The molecule has 36 valence electrons. The van der Waals surface area contributed by atoms with Crippen LogP contribution in [0.5, 0.6) is 0 Å². The Balaban J connectivity index is 0. The summed E-state index contributed by atoms with van der Waals surface area (Å²) in [4.78, 5) is 0. The van der Waals surface area contributed by atoms with Crippen molar-refractivity contribution in [2.24, 2.45) is 0 Å². The molecule has 0 spiro atoms. The molecule has 0 N–H and O–H groups in total. The van der Waals surface area contributed by atoms with Crippen LogP contribution in [0.25, 0.3) is 0 Å². The topological polar surface area (TPSA) is 0 Å². The van der Waals surface area contributed by atoms with Crippen LogP contribution in [0.15, 0.2) is 0 Å². The van der Waals surface area contributed by atoms with E-state index >= 15 is 0 Å². The van der Waals surface area contributed by atoms with Crippen LogP contribution in [0.2, 0.25) is 0 Å². The van der Waals surface area contributed by atoms with Crippen LogP contribution in [0.4, 0.5) is 0 Å². The number of hydrogen-bond donors (Lipinski definition) is 0. The maximum atomic E-state index is 0. The first kappa shape index (κ1) is 44.1. The molecule has 5 heavy (non-hydrogen) atoms. The minimum Gasteiger partial charge on any atom is 0 e. The van der Waals surface area contributed by atoms with Crippen LogP contribution in [0, 0.1) is 0 Å². The fraction of sp³-hybridized carbons (Fsp3) is 0. The van der Waals surface area contributed by atoms with E-state index in [1.54, 1.807) is 0 Å². The van der Waals surface area contributed by atoms with Crippen LogP contribution in [0.3, 0.4) is 0 Å². The second-order valence-electron chi connectivity index (χ2n) is 0. The maximum absolute atomic E-state index is 0. The van der Waals surface area contributed by atoms with Crippen molar-refractivity contribution in [1.82, 2.24) is 0 Å². The zero-order valence-corrected chi connectivity index (χ0v) is 9.29. The molecule has 0 saturated heterocycles.